The molecule has 0 fully saturated rings. The maximum Gasteiger partial charge on any atom is 0.150 e. The third kappa shape index (κ3) is 3.03. The topological polar surface area (TPSA) is 74.0 Å². The molecule has 4 nitrogen and oxygen atoms in total. The Kier molecular flexibility index (Phi) is 4.43. The Balaban J connectivity index is 1.49. The molecule has 36 heavy (non-hydrogen) atoms. The molecule has 0 saturated heterocycles. The second kappa shape index (κ2) is 7.70. The number of rotatable bonds is 3. The van der Waals surface area contributed by atoms with E-state index in [2.05, 4.69) is 71.3 Å². The van der Waals surface area contributed by atoms with Crippen molar-refractivity contribution in [2.75, 3.05) is 11.5 Å². The molecular formula is C31H21N3OS. The first-order valence-electron chi connectivity index (χ1n) is 11.7. The Morgan fingerprint density at radius 1 is 0.611 bits per heavy atom. The van der Waals surface area contributed by atoms with Gasteiger partial charge in [0.25, 0.3) is 0 Å². The Bertz CT molecular complexity index is 1980. The second-order valence-corrected chi connectivity index (χ2v) is 10.2. The lowest BCUT2D eigenvalue weighted by Crippen LogP contribution is -1.95. The molecule has 0 saturated carbocycles. The minimum absolute atomic E-state index is 0.577. The third-order valence-corrected chi connectivity index (χ3v) is 8.10. The number of nitrogens with zero attached hydrogens (tertiary/aromatic N) is 1. The number of aldehydes is 1. The van der Waals surface area contributed by atoms with Crippen LogP contribution in [-0.4, -0.2) is 10.9 Å². The van der Waals surface area contributed by atoms with Crippen molar-refractivity contribution in [2.24, 2.45) is 0 Å². The quantitative estimate of drug-likeness (QED) is 0.199. The van der Waals surface area contributed by atoms with Crippen LogP contribution in [0, 0.1) is 0 Å². The van der Waals surface area contributed by atoms with Crippen molar-refractivity contribution in [3.63, 3.8) is 0 Å². The Hall–Kier alpha value is -4.61. The van der Waals surface area contributed by atoms with E-state index in [9.17, 15) is 4.79 Å². The number of benzene rings is 5. The highest BCUT2D eigenvalue weighted by atomic mass is 32.1. The van der Waals surface area contributed by atoms with Crippen LogP contribution in [0.1, 0.15) is 10.4 Å². The normalized spacial score (nSPS) is 11.7. The highest BCUT2D eigenvalue weighted by Gasteiger charge is 2.16. The van der Waals surface area contributed by atoms with E-state index in [0.717, 1.165) is 39.5 Å². The first-order chi connectivity index (χ1) is 17.6. The van der Waals surface area contributed by atoms with Gasteiger partial charge in [-0.2, -0.15) is 0 Å². The molecule has 0 aliphatic heterocycles. The van der Waals surface area contributed by atoms with Crippen LogP contribution >= 0.6 is 11.3 Å². The summed E-state index contributed by atoms with van der Waals surface area (Å²) in [7, 11) is 0. The van der Waals surface area contributed by atoms with Crippen LogP contribution < -0.4 is 11.5 Å². The summed E-state index contributed by atoms with van der Waals surface area (Å²) in [5.41, 5.74) is 19.0. The zero-order valence-electron chi connectivity index (χ0n) is 19.2. The van der Waals surface area contributed by atoms with E-state index in [0.29, 0.717) is 16.9 Å². The fourth-order valence-corrected chi connectivity index (χ4v) is 6.28. The molecule has 0 aliphatic carbocycles. The van der Waals surface area contributed by atoms with Crippen LogP contribution in [0.2, 0.25) is 0 Å². The maximum absolute atomic E-state index is 11.6. The summed E-state index contributed by atoms with van der Waals surface area (Å²) in [6, 6.07) is 33.2. The van der Waals surface area contributed by atoms with Gasteiger partial charge in [-0.25, -0.2) is 0 Å². The van der Waals surface area contributed by atoms with Gasteiger partial charge in [0.05, 0.1) is 22.4 Å². The molecule has 0 atom stereocenters. The number of thiophene rings is 1. The largest absolute Gasteiger partial charge is 0.397 e. The van der Waals surface area contributed by atoms with Gasteiger partial charge >= 0.3 is 0 Å². The maximum atomic E-state index is 11.6. The van der Waals surface area contributed by atoms with Crippen molar-refractivity contribution in [1.82, 2.24) is 4.57 Å². The van der Waals surface area contributed by atoms with Crippen LogP contribution in [0.4, 0.5) is 11.4 Å². The molecule has 0 bridgehead atoms. The van der Waals surface area contributed by atoms with Gasteiger partial charge in [-0.05, 0) is 59.7 Å². The van der Waals surface area contributed by atoms with E-state index in [4.69, 9.17) is 11.5 Å². The van der Waals surface area contributed by atoms with Crippen LogP contribution in [0.15, 0.2) is 97.1 Å². The summed E-state index contributed by atoms with van der Waals surface area (Å²) < 4.78 is 4.78. The summed E-state index contributed by atoms with van der Waals surface area (Å²) in [5.74, 6) is 0. The Labute approximate surface area is 211 Å². The minimum Gasteiger partial charge on any atom is -0.397 e. The van der Waals surface area contributed by atoms with Gasteiger partial charge < -0.3 is 16.0 Å². The van der Waals surface area contributed by atoms with Gasteiger partial charge in [0, 0.05) is 42.2 Å². The lowest BCUT2D eigenvalue weighted by molar-refractivity contribution is 0.112. The Morgan fingerprint density at radius 2 is 1.39 bits per heavy atom. The second-order valence-electron chi connectivity index (χ2n) is 9.08. The van der Waals surface area contributed by atoms with Crippen LogP contribution in [-0.2, 0) is 0 Å². The number of nitrogens with two attached hydrogens (primary N) is 2. The number of carbonyl (C=O) groups excluding carboxylic acids is 1. The molecule has 0 unspecified atom stereocenters. The molecule has 2 aromatic heterocycles. The van der Waals surface area contributed by atoms with Crippen LogP contribution in [0.5, 0.6) is 0 Å². The number of aromatic nitrogens is 1. The van der Waals surface area contributed by atoms with E-state index in [1.807, 2.05) is 41.7 Å². The highest BCUT2D eigenvalue weighted by Crippen LogP contribution is 2.41. The number of hydrogen-bond acceptors (Lipinski definition) is 4. The van der Waals surface area contributed by atoms with Crippen molar-refractivity contribution in [1.29, 1.82) is 0 Å². The SMILES string of the molecule is Nc1ccc(-c2ccc(-n3c4cc(C=O)ccc4c4cc5c(cc43)sc3ccccc35)cc2)cc1N. The monoisotopic (exact) mass is 483 g/mol. The lowest BCUT2D eigenvalue weighted by atomic mass is 10.0. The number of hydrogen-bond donors (Lipinski definition) is 2. The van der Waals surface area contributed by atoms with Crippen LogP contribution in [0.25, 0.3) is 58.8 Å². The smallest absolute Gasteiger partial charge is 0.150 e. The Morgan fingerprint density at radius 3 is 2.19 bits per heavy atom. The summed E-state index contributed by atoms with van der Waals surface area (Å²) in [5, 5.41) is 4.84. The van der Waals surface area contributed by atoms with Crippen LogP contribution in [0.3, 0.4) is 0 Å². The van der Waals surface area contributed by atoms with Gasteiger partial charge in [0.2, 0.25) is 0 Å². The van der Waals surface area contributed by atoms with Gasteiger partial charge in [-0.15, -0.1) is 11.3 Å². The van der Waals surface area contributed by atoms with E-state index < -0.39 is 0 Å². The van der Waals surface area contributed by atoms with E-state index in [1.54, 1.807) is 0 Å². The van der Waals surface area contributed by atoms with Gasteiger partial charge in [0.15, 0.2) is 0 Å². The van der Waals surface area contributed by atoms with E-state index >= 15 is 0 Å². The molecule has 0 spiro atoms. The molecule has 4 N–H and O–H groups in total. The molecule has 172 valence electrons. The van der Waals surface area contributed by atoms with E-state index in [-0.39, 0.29) is 0 Å². The average molecular weight is 484 g/mol. The number of carbonyl (C=O) groups is 1. The first-order valence-corrected chi connectivity index (χ1v) is 12.5. The summed E-state index contributed by atoms with van der Waals surface area (Å²) in [4.78, 5) is 11.6. The standard InChI is InChI=1S/C31H21N3OS/c32-26-12-8-20(14-27(26)33)19-6-9-21(10-7-19)34-28-13-18(17-35)5-11-22(28)24-15-25-23-3-1-2-4-30(23)36-31(25)16-29(24)34/h1-17H,32-33H2. The highest BCUT2D eigenvalue weighted by molar-refractivity contribution is 7.25. The number of anilines is 2. The third-order valence-electron chi connectivity index (χ3n) is 6.97. The van der Waals surface area contributed by atoms with Gasteiger partial charge in [-0.1, -0.05) is 48.5 Å². The molecule has 5 heteroatoms. The molecule has 0 amide bonds. The summed E-state index contributed by atoms with van der Waals surface area (Å²) in [6.07, 6.45) is 0.905. The fraction of sp³-hybridized carbons (Fsp3) is 0. The van der Waals surface area contributed by atoms with Crippen molar-refractivity contribution >= 4 is 71.0 Å². The molecule has 0 aliphatic rings. The predicted molar refractivity (Wildman–Crippen MR) is 153 cm³/mol. The lowest BCUT2D eigenvalue weighted by Gasteiger charge is -2.10. The zero-order valence-corrected chi connectivity index (χ0v) is 20.0. The molecule has 2 heterocycles. The first kappa shape index (κ1) is 20.7. The minimum atomic E-state index is 0.577. The van der Waals surface area contributed by atoms with Gasteiger partial charge in [0.1, 0.15) is 6.29 Å². The van der Waals surface area contributed by atoms with Crippen molar-refractivity contribution in [3.8, 4) is 16.8 Å². The molecule has 5 aromatic carbocycles. The summed E-state index contributed by atoms with van der Waals surface area (Å²) in [6.45, 7) is 0. The van der Waals surface area contributed by atoms with Crippen molar-refractivity contribution in [3.05, 3.63) is 103 Å². The fourth-order valence-electron chi connectivity index (χ4n) is 5.16. The van der Waals surface area contributed by atoms with Crippen molar-refractivity contribution in [2.45, 2.75) is 0 Å². The summed E-state index contributed by atoms with van der Waals surface area (Å²) >= 11 is 1.81. The predicted octanol–water partition coefficient (Wildman–Crippen LogP) is 7.80. The van der Waals surface area contributed by atoms with E-state index in [1.165, 1.54) is 25.6 Å². The molecule has 0 radical (unpaired) electrons. The molecular weight excluding hydrogens is 462 g/mol. The molecule has 7 aromatic rings. The molecule has 7 rings (SSSR count). The zero-order chi connectivity index (χ0) is 24.4. The number of nitrogen functional groups attached to an aromatic ring is 2. The van der Waals surface area contributed by atoms with Crippen molar-refractivity contribution < 1.29 is 4.79 Å². The number of fused-ring (bicyclic) bond motifs is 6. The average Bonchev–Trinajstić information content (AvgIpc) is 3.43. The van der Waals surface area contributed by atoms with Gasteiger partial charge in [-0.3, -0.25) is 4.79 Å².